The fraction of sp³-hybridized carbons (Fsp3) is 0.562. The highest BCUT2D eigenvalue weighted by Gasteiger charge is 2.35. The maximum absolute atomic E-state index is 9.76. The molecule has 21 heavy (non-hydrogen) atoms. The highest BCUT2D eigenvalue weighted by molar-refractivity contribution is 5.85. The van der Waals surface area contributed by atoms with Crippen molar-refractivity contribution in [2.45, 2.75) is 19.9 Å². The van der Waals surface area contributed by atoms with E-state index in [2.05, 4.69) is 30.1 Å². The number of benzene rings is 1. The Kier molecular flexibility index (Phi) is 6.63. The van der Waals surface area contributed by atoms with Crippen LogP contribution in [0.2, 0.25) is 0 Å². The van der Waals surface area contributed by atoms with Crippen LogP contribution >= 0.6 is 12.4 Å². The van der Waals surface area contributed by atoms with E-state index in [9.17, 15) is 5.11 Å². The van der Waals surface area contributed by atoms with Gasteiger partial charge in [0.1, 0.15) is 0 Å². The van der Waals surface area contributed by atoms with Gasteiger partial charge in [0.25, 0.3) is 0 Å². The van der Waals surface area contributed by atoms with Gasteiger partial charge in [0.05, 0.1) is 11.6 Å². The molecule has 1 saturated heterocycles. The van der Waals surface area contributed by atoms with Gasteiger partial charge in [0, 0.05) is 44.2 Å². The zero-order valence-corrected chi connectivity index (χ0v) is 13.5. The summed E-state index contributed by atoms with van der Waals surface area (Å²) in [6.45, 7) is 8.25. The highest BCUT2D eigenvalue weighted by atomic mass is 35.5. The van der Waals surface area contributed by atoms with Gasteiger partial charge in [-0.15, -0.1) is 12.4 Å². The van der Waals surface area contributed by atoms with E-state index in [1.54, 1.807) is 0 Å². The van der Waals surface area contributed by atoms with Crippen molar-refractivity contribution in [1.82, 2.24) is 10.2 Å². The number of nitrogens with one attached hydrogen (secondary N) is 1. The molecule has 116 valence electrons. The predicted octanol–water partition coefficient (Wildman–Crippen LogP) is 1.94. The minimum Gasteiger partial charge on any atom is -0.396 e. The average Bonchev–Trinajstić information content (AvgIpc) is 2.49. The van der Waals surface area contributed by atoms with Crippen molar-refractivity contribution in [2.24, 2.45) is 5.41 Å². The number of aliphatic hydroxyl groups excluding tert-OH is 1. The first kappa shape index (κ1) is 17.9. The third-order valence-corrected chi connectivity index (χ3v) is 4.02. The molecule has 1 aromatic carbocycles. The van der Waals surface area contributed by atoms with Gasteiger partial charge in [-0.25, -0.2) is 0 Å². The number of nitriles is 1. The fourth-order valence-corrected chi connectivity index (χ4v) is 2.92. The van der Waals surface area contributed by atoms with Crippen molar-refractivity contribution >= 4 is 12.4 Å². The summed E-state index contributed by atoms with van der Waals surface area (Å²) < 4.78 is 0. The van der Waals surface area contributed by atoms with Crippen LogP contribution in [0.4, 0.5) is 0 Å². The number of rotatable bonds is 4. The van der Waals surface area contributed by atoms with Crippen LogP contribution in [0.5, 0.6) is 0 Å². The van der Waals surface area contributed by atoms with E-state index in [0.717, 1.165) is 26.2 Å². The molecule has 2 rings (SSSR count). The van der Waals surface area contributed by atoms with E-state index in [-0.39, 0.29) is 30.5 Å². The molecule has 0 radical (unpaired) electrons. The molecule has 0 saturated carbocycles. The van der Waals surface area contributed by atoms with Crippen LogP contribution in [-0.2, 0) is 0 Å². The lowest BCUT2D eigenvalue weighted by Gasteiger charge is -2.43. The molecule has 1 fully saturated rings. The first-order valence-electron chi connectivity index (χ1n) is 7.14. The molecular weight excluding hydrogens is 286 g/mol. The summed E-state index contributed by atoms with van der Waals surface area (Å²) >= 11 is 0. The Hall–Kier alpha value is -1.12. The Labute approximate surface area is 133 Å². The second-order valence-corrected chi connectivity index (χ2v) is 6.07. The lowest BCUT2D eigenvalue weighted by molar-refractivity contribution is 0.0305. The molecule has 1 aliphatic rings. The number of hydrogen-bond donors (Lipinski definition) is 2. The van der Waals surface area contributed by atoms with Crippen molar-refractivity contribution in [2.75, 3.05) is 32.8 Å². The summed E-state index contributed by atoms with van der Waals surface area (Å²) in [6.07, 6.45) is 0. The van der Waals surface area contributed by atoms with Gasteiger partial charge in [0.15, 0.2) is 0 Å². The second-order valence-electron chi connectivity index (χ2n) is 6.07. The standard InChI is InChI=1S/C16H23N3O.ClH/c1-16(2,12-20)15(19-9-7-18-8-10-19)14-5-3-13(11-17)4-6-14;/h3-6,15,18,20H,7-10,12H2,1-2H3;1H/t15-;/m1./s1. The molecular formula is C16H24ClN3O. The first-order chi connectivity index (χ1) is 9.58. The molecule has 2 N–H and O–H groups in total. The fourth-order valence-electron chi connectivity index (χ4n) is 2.92. The van der Waals surface area contributed by atoms with Crippen LogP contribution in [-0.4, -0.2) is 42.8 Å². The Bertz CT molecular complexity index is 475. The lowest BCUT2D eigenvalue weighted by atomic mass is 9.79. The summed E-state index contributed by atoms with van der Waals surface area (Å²) in [5, 5.41) is 22.0. The van der Waals surface area contributed by atoms with Crippen LogP contribution < -0.4 is 5.32 Å². The maximum Gasteiger partial charge on any atom is 0.0991 e. The monoisotopic (exact) mass is 309 g/mol. The topological polar surface area (TPSA) is 59.3 Å². The van der Waals surface area contributed by atoms with Crippen LogP contribution in [0.3, 0.4) is 0 Å². The number of aliphatic hydroxyl groups is 1. The van der Waals surface area contributed by atoms with Gasteiger partial charge >= 0.3 is 0 Å². The summed E-state index contributed by atoms with van der Waals surface area (Å²) in [7, 11) is 0. The number of piperazine rings is 1. The molecule has 0 spiro atoms. The predicted molar refractivity (Wildman–Crippen MR) is 86.5 cm³/mol. The Balaban J connectivity index is 0.00000220. The molecule has 0 aromatic heterocycles. The van der Waals surface area contributed by atoms with Gasteiger partial charge in [-0.2, -0.15) is 5.26 Å². The van der Waals surface area contributed by atoms with Crippen molar-refractivity contribution in [3.8, 4) is 6.07 Å². The van der Waals surface area contributed by atoms with Gasteiger partial charge in [-0.05, 0) is 17.7 Å². The normalized spacial score (nSPS) is 17.6. The summed E-state index contributed by atoms with van der Waals surface area (Å²) in [5.41, 5.74) is 1.63. The smallest absolute Gasteiger partial charge is 0.0991 e. The molecule has 1 aliphatic heterocycles. The van der Waals surface area contributed by atoms with Gasteiger partial charge < -0.3 is 10.4 Å². The van der Waals surface area contributed by atoms with Crippen LogP contribution in [0.25, 0.3) is 0 Å². The molecule has 5 heteroatoms. The Morgan fingerprint density at radius 2 is 1.86 bits per heavy atom. The van der Waals surface area contributed by atoms with Gasteiger partial charge in [0.2, 0.25) is 0 Å². The Morgan fingerprint density at radius 1 is 1.29 bits per heavy atom. The van der Waals surface area contributed by atoms with Crippen molar-refractivity contribution in [1.29, 1.82) is 5.26 Å². The molecule has 1 atom stereocenters. The van der Waals surface area contributed by atoms with Crippen molar-refractivity contribution in [3.05, 3.63) is 35.4 Å². The third kappa shape index (κ3) is 4.18. The average molecular weight is 310 g/mol. The SMILES string of the molecule is CC(C)(CO)[C@@H](c1ccc(C#N)cc1)N1CCNCC1.Cl. The van der Waals surface area contributed by atoms with Crippen molar-refractivity contribution in [3.63, 3.8) is 0 Å². The molecule has 0 bridgehead atoms. The van der Waals surface area contributed by atoms with E-state index in [4.69, 9.17) is 5.26 Å². The first-order valence-corrected chi connectivity index (χ1v) is 7.14. The molecule has 0 unspecified atom stereocenters. The molecule has 4 nitrogen and oxygen atoms in total. The van der Waals surface area contributed by atoms with E-state index in [1.807, 2.05) is 24.3 Å². The zero-order valence-electron chi connectivity index (χ0n) is 12.7. The molecule has 1 heterocycles. The van der Waals surface area contributed by atoms with Gasteiger partial charge in [-0.3, -0.25) is 4.90 Å². The summed E-state index contributed by atoms with van der Waals surface area (Å²) in [5.74, 6) is 0. The third-order valence-electron chi connectivity index (χ3n) is 4.02. The molecule has 1 aromatic rings. The minimum absolute atomic E-state index is 0. The van der Waals surface area contributed by atoms with Crippen LogP contribution in [0.15, 0.2) is 24.3 Å². The lowest BCUT2D eigenvalue weighted by Crippen LogP contribution is -2.49. The van der Waals surface area contributed by atoms with Crippen molar-refractivity contribution < 1.29 is 5.11 Å². The summed E-state index contributed by atoms with van der Waals surface area (Å²) in [6, 6.07) is 10.1. The molecule has 0 amide bonds. The second kappa shape index (κ2) is 7.77. The minimum atomic E-state index is -0.217. The maximum atomic E-state index is 9.76. The van der Waals surface area contributed by atoms with E-state index in [0.29, 0.717) is 5.56 Å². The number of hydrogen-bond acceptors (Lipinski definition) is 4. The van der Waals surface area contributed by atoms with E-state index < -0.39 is 0 Å². The largest absolute Gasteiger partial charge is 0.396 e. The highest BCUT2D eigenvalue weighted by Crippen LogP contribution is 2.38. The van der Waals surface area contributed by atoms with Gasteiger partial charge in [-0.1, -0.05) is 26.0 Å². The zero-order chi connectivity index (χ0) is 14.6. The number of halogens is 1. The quantitative estimate of drug-likeness (QED) is 0.892. The van der Waals surface area contributed by atoms with Crippen LogP contribution in [0, 0.1) is 16.7 Å². The van der Waals surface area contributed by atoms with E-state index >= 15 is 0 Å². The Morgan fingerprint density at radius 3 is 2.33 bits per heavy atom. The van der Waals surface area contributed by atoms with E-state index in [1.165, 1.54) is 5.56 Å². The van der Waals surface area contributed by atoms with Crippen LogP contribution in [0.1, 0.15) is 31.0 Å². The summed E-state index contributed by atoms with van der Waals surface area (Å²) in [4.78, 5) is 2.42. The number of nitrogens with zero attached hydrogens (tertiary/aromatic N) is 2. The molecule has 0 aliphatic carbocycles.